The van der Waals surface area contributed by atoms with Crippen molar-refractivity contribution in [1.82, 2.24) is 14.9 Å². The van der Waals surface area contributed by atoms with Crippen LogP contribution in [0.25, 0.3) is 0 Å². The van der Waals surface area contributed by atoms with Gasteiger partial charge in [-0.15, -0.1) is 0 Å². The van der Waals surface area contributed by atoms with Crippen LogP contribution in [-0.4, -0.2) is 64.5 Å². The second-order valence-corrected chi connectivity index (χ2v) is 7.68. The molecule has 1 aromatic rings. The standard InChI is InChI=1S/C18H25FN4O3/c1-26-16-10-22(17-20-8-12(19)9-21-17)5-4-15(16)11-6-13-2-3-14(7-11)23(13)18(24)25/h8-9,11,13-16H,2-7,10H2,1H3,(H,24,25)/t11?,13-,14+,15-,16-/m1/s1. The Kier molecular flexibility index (Phi) is 4.69. The maximum atomic E-state index is 13.1. The minimum Gasteiger partial charge on any atom is -0.465 e. The number of aromatic nitrogens is 2. The van der Waals surface area contributed by atoms with E-state index in [2.05, 4.69) is 9.97 Å². The lowest BCUT2D eigenvalue weighted by Gasteiger charge is -2.45. The van der Waals surface area contributed by atoms with Crippen molar-refractivity contribution in [3.8, 4) is 0 Å². The summed E-state index contributed by atoms with van der Waals surface area (Å²) in [6, 6.07) is 0.319. The molecule has 1 N–H and O–H groups in total. The maximum Gasteiger partial charge on any atom is 0.407 e. The van der Waals surface area contributed by atoms with E-state index in [1.54, 1.807) is 12.0 Å². The van der Waals surface area contributed by atoms with Gasteiger partial charge in [-0.05, 0) is 43.9 Å². The molecule has 8 heteroatoms. The molecule has 1 aromatic heterocycles. The molecular formula is C18H25FN4O3. The largest absolute Gasteiger partial charge is 0.465 e. The Hall–Kier alpha value is -1.96. The van der Waals surface area contributed by atoms with Gasteiger partial charge in [0.25, 0.3) is 0 Å². The van der Waals surface area contributed by atoms with Gasteiger partial charge in [0.05, 0.1) is 18.5 Å². The van der Waals surface area contributed by atoms with E-state index in [-0.39, 0.29) is 18.2 Å². The van der Waals surface area contributed by atoms with E-state index in [4.69, 9.17) is 4.74 Å². The van der Waals surface area contributed by atoms with E-state index >= 15 is 0 Å². The summed E-state index contributed by atoms with van der Waals surface area (Å²) in [5.74, 6) is 1.00. The Bertz CT molecular complexity index is 644. The molecule has 3 fully saturated rings. The van der Waals surface area contributed by atoms with Gasteiger partial charge in [-0.1, -0.05) is 0 Å². The first-order valence-corrected chi connectivity index (χ1v) is 9.33. The number of nitrogens with zero attached hydrogens (tertiary/aromatic N) is 4. The third-order valence-corrected chi connectivity index (χ3v) is 6.40. The fraction of sp³-hybridized carbons (Fsp3) is 0.722. The van der Waals surface area contributed by atoms with Crippen LogP contribution in [0.15, 0.2) is 12.4 Å². The first-order chi connectivity index (χ1) is 12.6. The summed E-state index contributed by atoms with van der Waals surface area (Å²) < 4.78 is 18.9. The van der Waals surface area contributed by atoms with Gasteiger partial charge in [-0.3, -0.25) is 0 Å². The molecule has 0 radical (unpaired) electrons. The van der Waals surface area contributed by atoms with Crippen molar-refractivity contribution >= 4 is 12.0 Å². The summed E-state index contributed by atoms with van der Waals surface area (Å²) in [4.78, 5) is 23.4. The number of methoxy groups -OCH3 is 1. The number of carbonyl (C=O) groups is 1. The van der Waals surface area contributed by atoms with E-state index in [0.29, 0.717) is 24.3 Å². The molecule has 2 bridgehead atoms. The van der Waals surface area contributed by atoms with Crippen LogP contribution >= 0.6 is 0 Å². The SMILES string of the molecule is CO[C@@H]1CN(c2ncc(F)cn2)CC[C@@H]1C1C[C@H]2CC[C@@H](C1)N2C(=O)O. The zero-order valence-corrected chi connectivity index (χ0v) is 14.9. The van der Waals surface area contributed by atoms with Gasteiger partial charge in [-0.25, -0.2) is 19.2 Å². The number of hydrogen-bond donors (Lipinski definition) is 1. The second kappa shape index (κ2) is 6.98. The lowest BCUT2D eigenvalue weighted by molar-refractivity contribution is -0.0111. The van der Waals surface area contributed by atoms with Crippen molar-refractivity contribution in [2.45, 2.75) is 50.3 Å². The molecule has 7 nitrogen and oxygen atoms in total. The summed E-state index contributed by atoms with van der Waals surface area (Å²) in [5, 5.41) is 9.45. The lowest BCUT2D eigenvalue weighted by atomic mass is 9.75. The second-order valence-electron chi connectivity index (χ2n) is 7.68. The molecule has 26 heavy (non-hydrogen) atoms. The minimum atomic E-state index is -0.775. The summed E-state index contributed by atoms with van der Waals surface area (Å²) in [6.07, 6.45) is 6.43. The molecule has 142 valence electrons. The number of anilines is 1. The quantitative estimate of drug-likeness (QED) is 0.887. The maximum absolute atomic E-state index is 13.1. The predicted octanol–water partition coefficient (Wildman–Crippen LogP) is 2.38. The van der Waals surface area contributed by atoms with E-state index in [1.165, 1.54) is 12.4 Å². The lowest BCUT2D eigenvalue weighted by Crippen LogP contribution is -2.52. The Labute approximate surface area is 152 Å². The van der Waals surface area contributed by atoms with Crippen molar-refractivity contribution in [1.29, 1.82) is 0 Å². The molecule has 4 heterocycles. The molecule has 4 rings (SSSR count). The van der Waals surface area contributed by atoms with Gasteiger partial charge in [0, 0.05) is 32.3 Å². The van der Waals surface area contributed by atoms with Crippen molar-refractivity contribution < 1.29 is 19.0 Å². The minimum absolute atomic E-state index is 0.0539. The van der Waals surface area contributed by atoms with Crippen molar-refractivity contribution in [2.24, 2.45) is 11.8 Å². The number of hydrogen-bond acceptors (Lipinski definition) is 5. The average molecular weight is 364 g/mol. The molecule has 0 spiro atoms. The average Bonchev–Trinajstić information content (AvgIpc) is 2.92. The van der Waals surface area contributed by atoms with E-state index < -0.39 is 11.9 Å². The highest BCUT2D eigenvalue weighted by molar-refractivity contribution is 5.66. The smallest absolute Gasteiger partial charge is 0.407 e. The Balaban J connectivity index is 1.44. The predicted molar refractivity (Wildman–Crippen MR) is 92.5 cm³/mol. The highest BCUT2D eigenvalue weighted by Crippen LogP contribution is 2.44. The number of rotatable bonds is 3. The normalized spacial score (nSPS) is 34.2. The van der Waals surface area contributed by atoms with Crippen molar-refractivity contribution in [2.75, 3.05) is 25.1 Å². The van der Waals surface area contributed by atoms with Gasteiger partial charge >= 0.3 is 6.09 Å². The van der Waals surface area contributed by atoms with Crippen LogP contribution < -0.4 is 4.90 Å². The van der Waals surface area contributed by atoms with Crippen LogP contribution in [0, 0.1) is 17.7 Å². The molecule has 0 aromatic carbocycles. The number of ether oxygens (including phenoxy) is 1. The zero-order chi connectivity index (χ0) is 18.3. The van der Waals surface area contributed by atoms with Gasteiger partial charge in [0.1, 0.15) is 0 Å². The van der Waals surface area contributed by atoms with Crippen LogP contribution in [0.4, 0.5) is 15.1 Å². The summed E-state index contributed by atoms with van der Waals surface area (Å²) >= 11 is 0. The van der Waals surface area contributed by atoms with Crippen LogP contribution in [0.2, 0.25) is 0 Å². The summed E-state index contributed by atoms with van der Waals surface area (Å²) in [5.41, 5.74) is 0. The van der Waals surface area contributed by atoms with Crippen molar-refractivity contribution in [3.63, 3.8) is 0 Å². The number of amides is 1. The van der Waals surface area contributed by atoms with Gasteiger partial charge in [0.15, 0.2) is 5.82 Å². The monoisotopic (exact) mass is 364 g/mol. The van der Waals surface area contributed by atoms with Gasteiger partial charge in [0.2, 0.25) is 5.95 Å². The third kappa shape index (κ3) is 3.11. The fourth-order valence-corrected chi connectivity index (χ4v) is 5.25. The summed E-state index contributed by atoms with van der Waals surface area (Å²) in [6.45, 7) is 1.49. The van der Waals surface area contributed by atoms with Gasteiger partial charge in [-0.2, -0.15) is 0 Å². The molecule has 1 unspecified atom stereocenters. The Morgan fingerprint density at radius 3 is 2.46 bits per heavy atom. The zero-order valence-electron chi connectivity index (χ0n) is 14.9. The van der Waals surface area contributed by atoms with Crippen LogP contribution in [0.5, 0.6) is 0 Å². The van der Waals surface area contributed by atoms with E-state index in [9.17, 15) is 14.3 Å². The highest BCUT2D eigenvalue weighted by atomic mass is 19.1. The first-order valence-electron chi connectivity index (χ1n) is 9.33. The highest BCUT2D eigenvalue weighted by Gasteiger charge is 2.47. The molecule has 0 saturated carbocycles. The number of halogens is 1. The summed E-state index contributed by atoms with van der Waals surface area (Å²) in [7, 11) is 1.73. The number of piperidine rings is 2. The molecule has 5 atom stereocenters. The van der Waals surface area contributed by atoms with E-state index in [0.717, 1.165) is 38.6 Å². The first kappa shape index (κ1) is 17.5. The molecule has 0 aliphatic carbocycles. The van der Waals surface area contributed by atoms with Crippen LogP contribution in [0.1, 0.15) is 32.1 Å². The van der Waals surface area contributed by atoms with E-state index in [1.807, 2.05) is 4.90 Å². The molecule has 3 aliphatic rings. The topological polar surface area (TPSA) is 78.8 Å². The third-order valence-electron chi connectivity index (χ3n) is 6.40. The Morgan fingerprint density at radius 2 is 1.88 bits per heavy atom. The molecule has 3 saturated heterocycles. The number of carboxylic acid groups (broad SMARTS) is 1. The van der Waals surface area contributed by atoms with Crippen LogP contribution in [0.3, 0.4) is 0 Å². The molecule has 3 aliphatic heterocycles. The fourth-order valence-electron chi connectivity index (χ4n) is 5.25. The van der Waals surface area contributed by atoms with Crippen LogP contribution in [-0.2, 0) is 4.74 Å². The Morgan fingerprint density at radius 1 is 1.23 bits per heavy atom. The van der Waals surface area contributed by atoms with Gasteiger partial charge < -0.3 is 19.6 Å². The number of fused-ring (bicyclic) bond motifs is 2. The molecular weight excluding hydrogens is 339 g/mol. The molecule has 1 amide bonds. The van der Waals surface area contributed by atoms with Crippen molar-refractivity contribution in [3.05, 3.63) is 18.2 Å².